The highest BCUT2D eigenvalue weighted by Crippen LogP contribution is 2.27. The van der Waals surface area contributed by atoms with E-state index in [0.29, 0.717) is 6.54 Å². The van der Waals surface area contributed by atoms with Crippen molar-refractivity contribution in [3.63, 3.8) is 0 Å². The van der Waals surface area contributed by atoms with E-state index in [9.17, 15) is 14.9 Å². The fourth-order valence-electron chi connectivity index (χ4n) is 1.89. The monoisotopic (exact) mass is 235 g/mol. The van der Waals surface area contributed by atoms with Crippen molar-refractivity contribution in [1.82, 2.24) is 5.32 Å². The van der Waals surface area contributed by atoms with Crippen molar-refractivity contribution in [2.45, 2.75) is 19.5 Å². The summed E-state index contributed by atoms with van der Waals surface area (Å²) in [4.78, 5) is 23.7. The van der Waals surface area contributed by atoms with Gasteiger partial charge in [-0.2, -0.15) is 0 Å². The Hall–Kier alpha value is -2.11. The number of carbonyl (C=O) groups excluding carboxylic acids is 1. The van der Waals surface area contributed by atoms with E-state index >= 15 is 0 Å². The van der Waals surface area contributed by atoms with Crippen molar-refractivity contribution < 1.29 is 9.72 Å². The zero-order chi connectivity index (χ0) is 12.6. The van der Waals surface area contributed by atoms with Crippen LogP contribution in [0.2, 0.25) is 0 Å². The number of likely N-dealkylation sites (N-methyl/N-ethyl adjacent to an activating group) is 1. The molecule has 1 aliphatic rings. The van der Waals surface area contributed by atoms with Crippen molar-refractivity contribution in [3.05, 3.63) is 33.9 Å². The van der Waals surface area contributed by atoms with Gasteiger partial charge in [0.1, 0.15) is 6.04 Å². The van der Waals surface area contributed by atoms with Crippen LogP contribution in [-0.2, 0) is 11.3 Å². The molecule has 6 nitrogen and oxygen atoms in total. The molecule has 0 fully saturated rings. The van der Waals surface area contributed by atoms with Gasteiger partial charge in [0.05, 0.1) is 4.92 Å². The van der Waals surface area contributed by atoms with Gasteiger partial charge in [0.25, 0.3) is 5.69 Å². The van der Waals surface area contributed by atoms with Gasteiger partial charge >= 0.3 is 0 Å². The van der Waals surface area contributed by atoms with E-state index in [2.05, 4.69) is 5.32 Å². The number of nitro groups is 1. The molecule has 0 unspecified atom stereocenters. The fourth-order valence-corrected chi connectivity index (χ4v) is 1.89. The van der Waals surface area contributed by atoms with Gasteiger partial charge in [-0.05, 0) is 13.0 Å². The van der Waals surface area contributed by atoms with Crippen LogP contribution >= 0.6 is 0 Å². The van der Waals surface area contributed by atoms with Crippen LogP contribution in [0.3, 0.4) is 0 Å². The predicted molar refractivity (Wildman–Crippen MR) is 62.8 cm³/mol. The summed E-state index contributed by atoms with van der Waals surface area (Å²) >= 11 is 0. The number of nitrogens with zero attached hydrogens (tertiary/aromatic N) is 2. The molecule has 6 heteroatoms. The van der Waals surface area contributed by atoms with E-state index < -0.39 is 4.92 Å². The van der Waals surface area contributed by atoms with Gasteiger partial charge in [0, 0.05) is 37.0 Å². The third-order valence-electron chi connectivity index (χ3n) is 3.07. The number of rotatable bonds is 1. The minimum Gasteiger partial charge on any atom is -0.363 e. The molecule has 1 aromatic rings. The predicted octanol–water partition coefficient (Wildman–Crippen LogP) is 1.05. The standard InChI is InChI=1S/C11H13N3O3/c1-7-11(15)12-6-8-5-9(14(16)17)3-4-10(8)13(7)2/h3-5,7H,6H2,1-2H3,(H,12,15)/t7-/m0/s1. The number of amides is 1. The average molecular weight is 235 g/mol. The summed E-state index contributed by atoms with van der Waals surface area (Å²) in [7, 11) is 1.81. The van der Waals surface area contributed by atoms with Crippen LogP contribution in [0.25, 0.3) is 0 Å². The van der Waals surface area contributed by atoms with Crippen LogP contribution in [0, 0.1) is 10.1 Å². The highest BCUT2D eigenvalue weighted by Gasteiger charge is 2.25. The number of nitrogens with one attached hydrogen (secondary N) is 1. The number of hydrogen-bond donors (Lipinski definition) is 1. The topological polar surface area (TPSA) is 75.5 Å². The van der Waals surface area contributed by atoms with Gasteiger partial charge in [-0.1, -0.05) is 0 Å². The summed E-state index contributed by atoms with van der Waals surface area (Å²) < 4.78 is 0. The van der Waals surface area contributed by atoms with Crippen LogP contribution in [-0.4, -0.2) is 23.9 Å². The zero-order valence-electron chi connectivity index (χ0n) is 9.64. The summed E-state index contributed by atoms with van der Waals surface area (Å²) in [5, 5.41) is 13.4. The minimum absolute atomic E-state index is 0.0425. The molecule has 90 valence electrons. The summed E-state index contributed by atoms with van der Waals surface area (Å²) in [6.45, 7) is 2.12. The molecular formula is C11H13N3O3. The van der Waals surface area contributed by atoms with Crippen molar-refractivity contribution in [3.8, 4) is 0 Å². The normalized spacial score (nSPS) is 19.3. The number of benzene rings is 1. The zero-order valence-corrected chi connectivity index (χ0v) is 9.64. The van der Waals surface area contributed by atoms with Crippen LogP contribution in [0.15, 0.2) is 18.2 Å². The van der Waals surface area contributed by atoms with E-state index in [1.54, 1.807) is 20.0 Å². The molecule has 0 saturated carbocycles. The maximum atomic E-state index is 11.6. The first-order valence-electron chi connectivity index (χ1n) is 5.28. The number of hydrogen-bond acceptors (Lipinski definition) is 4. The third-order valence-corrected chi connectivity index (χ3v) is 3.07. The van der Waals surface area contributed by atoms with E-state index in [1.165, 1.54) is 12.1 Å². The first-order chi connectivity index (χ1) is 8.00. The Kier molecular flexibility index (Phi) is 2.71. The summed E-state index contributed by atoms with van der Waals surface area (Å²) in [6, 6.07) is 4.37. The summed E-state index contributed by atoms with van der Waals surface area (Å²) in [5.41, 5.74) is 1.65. The lowest BCUT2D eigenvalue weighted by molar-refractivity contribution is -0.384. The number of carbonyl (C=O) groups is 1. The highest BCUT2D eigenvalue weighted by atomic mass is 16.6. The summed E-state index contributed by atoms with van der Waals surface area (Å²) in [6.07, 6.45) is 0. The van der Waals surface area contributed by atoms with Gasteiger partial charge in [0.2, 0.25) is 5.91 Å². The second-order valence-corrected chi connectivity index (χ2v) is 4.07. The molecule has 1 aliphatic heterocycles. The van der Waals surface area contributed by atoms with Crippen molar-refractivity contribution in [2.75, 3.05) is 11.9 Å². The number of anilines is 1. The Morgan fingerprint density at radius 1 is 1.53 bits per heavy atom. The first kappa shape index (κ1) is 11.4. The quantitative estimate of drug-likeness (QED) is 0.583. The molecular weight excluding hydrogens is 222 g/mol. The molecule has 2 rings (SSSR count). The molecule has 1 N–H and O–H groups in total. The Bertz CT molecular complexity index is 487. The van der Waals surface area contributed by atoms with E-state index in [0.717, 1.165) is 11.3 Å². The van der Waals surface area contributed by atoms with Gasteiger partial charge < -0.3 is 10.2 Å². The molecule has 1 heterocycles. The average Bonchev–Trinajstić information content (AvgIpc) is 2.42. The second-order valence-electron chi connectivity index (χ2n) is 4.07. The lowest BCUT2D eigenvalue weighted by Gasteiger charge is -2.23. The molecule has 0 aromatic heterocycles. The Balaban J connectivity index is 2.47. The lowest BCUT2D eigenvalue weighted by Crippen LogP contribution is -2.40. The molecule has 0 aliphatic carbocycles. The maximum absolute atomic E-state index is 11.6. The smallest absolute Gasteiger partial charge is 0.269 e. The van der Waals surface area contributed by atoms with Crippen LogP contribution < -0.4 is 10.2 Å². The van der Waals surface area contributed by atoms with Gasteiger partial charge in [-0.25, -0.2) is 0 Å². The minimum atomic E-state index is -0.434. The first-order valence-corrected chi connectivity index (χ1v) is 5.28. The highest BCUT2D eigenvalue weighted by molar-refractivity contribution is 5.86. The van der Waals surface area contributed by atoms with Gasteiger partial charge in [-0.15, -0.1) is 0 Å². The van der Waals surface area contributed by atoms with Crippen molar-refractivity contribution in [1.29, 1.82) is 0 Å². The number of nitro benzene ring substituents is 1. The number of fused-ring (bicyclic) bond motifs is 1. The molecule has 1 atom stereocenters. The molecule has 0 radical (unpaired) electrons. The molecule has 1 amide bonds. The summed E-state index contributed by atoms with van der Waals surface area (Å²) in [5.74, 6) is -0.0775. The molecule has 1 aromatic carbocycles. The molecule has 0 spiro atoms. The van der Waals surface area contributed by atoms with Gasteiger partial charge in [-0.3, -0.25) is 14.9 Å². The Morgan fingerprint density at radius 3 is 2.88 bits per heavy atom. The molecule has 0 saturated heterocycles. The van der Waals surface area contributed by atoms with Crippen molar-refractivity contribution >= 4 is 17.3 Å². The van der Waals surface area contributed by atoms with E-state index in [-0.39, 0.29) is 17.6 Å². The molecule has 0 bridgehead atoms. The van der Waals surface area contributed by atoms with Crippen LogP contribution in [0.5, 0.6) is 0 Å². The SMILES string of the molecule is C[C@H]1C(=O)NCc2cc([N+](=O)[O-])ccc2N1C. The largest absolute Gasteiger partial charge is 0.363 e. The van der Waals surface area contributed by atoms with Gasteiger partial charge in [0.15, 0.2) is 0 Å². The van der Waals surface area contributed by atoms with Crippen LogP contribution in [0.1, 0.15) is 12.5 Å². The fraction of sp³-hybridized carbons (Fsp3) is 0.364. The maximum Gasteiger partial charge on any atom is 0.269 e. The Morgan fingerprint density at radius 2 is 2.24 bits per heavy atom. The van der Waals surface area contributed by atoms with E-state index in [4.69, 9.17) is 0 Å². The van der Waals surface area contributed by atoms with Crippen LogP contribution in [0.4, 0.5) is 11.4 Å². The Labute approximate surface area is 98.4 Å². The van der Waals surface area contributed by atoms with E-state index in [1.807, 2.05) is 4.90 Å². The lowest BCUT2D eigenvalue weighted by atomic mass is 10.1. The third kappa shape index (κ3) is 1.93. The number of non-ortho nitro benzene ring substituents is 1. The molecule has 17 heavy (non-hydrogen) atoms. The van der Waals surface area contributed by atoms with Crippen molar-refractivity contribution in [2.24, 2.45) is 0 Å². The second kappa shape index (κ2) is 4.04.